The highest BCUT2D eigenvalue weighted by Gasteiger charge is 2.11. The number of aromatic nitrogens is 2. The summed E-state index contributed by atoms with van der Waals surface area (Å²) in [6, 6.07) is 10.1. The number of benzene rings is 1. The van der Waals surface area contributed by atoms with E-state index in [1.807, 2.05) is 54.5 Å². The first-order valence-corrected chi connectivity index (χ1v) is 6.41. The van der Waals surface area contributed by atoms with Gasteiger partial charge < -0.3 is 10.2 Å². The van der Waals surface area contributed by atoms with Crippen molar-refractivity contribution in [3.63, 3.8) is 0 Å². The van der Waals surface area contributed by atoms with E-state index in [-0.39, 0.29) is 24.0 Å². The Hall–Kier alpha value is -1.57. The Kier molecular flexibility index (Phi) is 4.99. The monoisotopic (exact) mass is 383 g/mol. The highest BCUT2D eigenvalue weighted by molar-refractivity contribution is 14.0. The molecule has 6 heteroatoms. The molecule has 0 spiro atoms. The van der Waals surface area contributed by atoms with Crippen molar-refractivity contribution >= 4 is 29.9 Å². The molecule has 1 N–H and O–H groups in total. The molecule has 0 saturated carbocycles. The lowest BCUT2D eigenvalue weighted by atomic mass is 10.3. The Bertz CT molecular complexity index is 578. The molecule has 20 heavy (non-hydrogen) atoms. The predicted molar refractivity (Wildman–Crippen MR) is 90.8 cm³/mol. The van der Waals surface area contributed by atoms with E-state index in [0.717, 1.165) is 36.8 Å². The fourth-order valence-corrected chi connectivity index (χ4v) is 2.08. The zero-order chi connectivity index (χ0) is 13.1. The van der Waals surface area contributed by atoms with E-state index in [0.29, 0.717) is 0 Å². The second kappa shape index (κ2) is 6.74. The van der Waals surface area contributed by atoms with Crippen molar-refractivity contribution in [2.45, 2.75) is 6.54 Å². The van der Waals surface area contributed by atoms with Crippen LogP contribution >= 0.6 is 24.0 Å². The van der Waals surface area contributed by atoms with Gasteiger partial charge in [-0.25, -0.2) is 4.68 Å². The van der Waals surface area contributed by atoms with Gasteiger partial charge in [0.15, 0.2) is 5.96 Å². The molecule has 0 unspecified atom stereocenters. The normalized spacial score (nSPS) is 13.8. The van der Waals surface area contributed by atoms with Gasteiger partial charge in [0, 0.05) is 31.9 Å². The summed E-state index contributed by atoms with van der Waals surface area (Å²) in [7, 11) is 2.05. The average Bonchev–Trinajstić information content (AvgIpc) is 3.06. The molecule has 106 valence electrons. The van der Waals surface area contributed by atoms with Gasteiger partial charge in [0.05, 0.1) is 18.4 Å². The second-order valence-electron chi connectivity index (χ2n) is 4.61. The largest absolute Gasteiger partial charge is 0.352 e. The molecule has 5 nitrogen and oxygen atoms in total. The summed E-state index contributed by atoms with van der Waals surface area (Å²) in [5.74, 6) is 0.965. The first-order chi connectivity index (χ1) is 9.33. The van der Waals surface area contributed by atoms with E-state index in [2.05, 4.69) is 20.3 Å². The van der Waals surface area contributed by atoms with Gasteiger partial charge in [-0.3, -0.25) is 4.99 Å². The van der Waals surface area contributed by atoms with Crippen LogP contribution < -0.4 is 5.32 Å². The summed E-state index contributed by atoms with van der Waals surface area (Å²) in [4.78, 5) is 6.53. The zero-order valence-corrected chi connectivity index (χ0v) is 13.7. The van der Waals surface area contributed by atoms with Crippen LogP contribution in [0.1, 0.15) is 5.56 Å². The molecule has 3 rings (SSSR count). The molecule has 1 aromatic heterocycles. The number of nitrogens with one attached hydrogen (secondary N) is 1. The third-order valence-corrected chi connectivity index (χ3v) is 3.17. The molecule has 2 aromatic rings. The minimum atomic E-state index is 0. The number of likely N-dealkylation sites (N-methyl/N-ethyl adjacent to an activating group) is 1. The average molecular weight is 383 g/mol. The first kappa shape index (κ1) is 14.8. The van der Waals surface area contributed by atoms with Gasteiger partial charge in [-0.2, -0.15) is 5.10 Å². The number of hydrogen-bond donors (Lipinski definition) is 1. The lowest BCUT2D eigenvalue weighted by Gasteiger charge is -2.14. The van der Waals surface area contributed by atoms with Crippen LogP contribution in [-0.4, -0.2) is 40.8 Å². The topological polar surface area (TPSA) is 45.4 Å². The number of halogens is 1. The minimum absolute atomic E-state index is 0. The number of guanidine groups is 1. The standard InChI is InChI=1S/C14H17N5.HI/c1-18-8-7-15-14(18)16-9-12-10-17-19(11-12)13-5-3-2-4-6-13;/h2-6,10-11H,7-9H2,1H3,(H,15,16);1H. The zero-order valence-electron chi connectivity index (χ0n) is 11.4. The molecule has 1 aromatic carbocycles. The van der Waals surface area contributed by atoms with Crippen LogP contribution in [-0.2, 0) is 6.54 Å². The van der Waals surface area contributed by atoms with Gasteiger partial charge >= 0.3 is 0 Å². The van der Waals surface area contributed by atoms with Crippen LogP contribution in [0.15, 0.2) is 47.7 Å². The Balaban J connectivity index is 0.00000147. The highest BCUT2D eigenvalue weighted by Crippen LogP contribution is 2.07. The predicted octanol–water partition coefficient (Wildman–Crippen LogP) is 1.88. The fourth-order valence-electron chi connectivity index (χ4n) is 2.08. The second-order valence-corrected chi connectivity index (χ2v) is 4.61. The minimum Gasteiger partial charge on any atom is -0.352 e. The molecule has 1 aliphatic rings. The molecular weight excluding hydrogens is 365 g/mol. The van der Waals surface area contributed by atoms with Crippen molar-refractivity contribution < 1.29 is 0 Å². The third kappa shape index (κ3) is 3.30. The molecule has 0 radical (unpaired) electrons. The maximum Gasteiger partial charge on any atom is 0.194 e. The molecule has 0 aliphatic carbocycles. The van der Waals surface area contributed by atoms with Crippen LogP contribution in [0.25, 0.3) is 5.69 Å². The molecule has 2 heterocycles. The molecule has 0 amide bonds. The third-order valence-electron chi connectivity index (χ3n) is 3.17. The van der Waals surface area contributed by atoms with Crippen molar-refractivity contribution in [3.05, 3.63) is 48.3 Å². The van der Waals surface area contributed by atoms with Gasteiger partial charge in [-0.15, -0.1) is 24.0 Å². The molecule has 0 fully saturated rings. The van der Waals surface area contributed by atoms with E-state index in [9.17, 15) is 0 Å². The van der Waals surface area contributed by atoms with E-state index < -0.39 is 0 Å². The summed E-state index contributed by atoms with van der Waals surface area (Å²) in [5.41, 5.74) is 2.22. The van der Waals surface area contributed by atoms with Crippen LogP contribution in [0.5, 0.6) is 0 Å². The summed E-state index contributed by atoms with van der Waals surface area (Å²) in [6.07, 6.45) is 3.92. The number of rotatable bonds is 3. The fraction of sp³-hybridized carbons (Fsp3) is 0.286. The number of hydrogen-bond acceptors (Lipinski definition) is 4. The lowest BCUT2D eigenvalue weighted by Crippen LogP contribution is -2.34. The van der Waals surface area contributed by atoms with Crippen LogP contribution in [0.3, 0.4) is 0 Å². The van der Waals surface area contributed by atoms with Gasteiger partial charge in [0.1, 0.15) is 0 Å². The molecule has 1 aliphatic heterocycles. The van der Waals surface area contributed by atoms with E-state index in [1.165, 1.54) is 0 Å². The van der Waals surface area contributed by atoms with E-state index in [1.54, 1.807) is 0 Å². The van der Waals surface area contributed by atoms with Crippen LogP contribution in [0, 0.1) is 0 Å². The Morgan fingerprint density at radius 2 is 2.05 bits per heavy atom. The maximum atomic E-state index is 4.40. The van der Waals surface area contributed by atoms with Gasteiger partial charge in [-0.05, 0) is 12.1 Å². The first-order valence-electron chi connectivity index (χ1n) is 6.41. The summed E-state index contributed by atoms with van der Waals surface area (Å²) in [6.45, 7) is 2.61. The number of nitrogens with zero attached hydrogens (tertiary/aromatic N) is 4. The van der Waals surface area contributed by atoms with Gasteiger partial charge in [-0.1, -0.05) is 18.2 Å². The molecular formula is C14H18IN5. The SMILES string of the molecule is CN1CCN=C1NCc1cnn(-c2ccccc2)c1.I. The van der Waals surface area contributed by atoms with Crippen molar-refractivity contribution in [1.29, 1.82) is 0 Å². The summed E-state index contributed by atoms with van der Waals surface area (Å²) < 4.78 is 1.89. The smallest absolute Gasteiger partial charge is 0.194 e. The van der Waals surface area contributed by atoms with Crippen LogP contribution in [0.4, 0.5) is 0 Å². The molecule has 0 bridgehead atoms. The summed E-state index contributed by atoms with van der Waals surface area (Å²) >= 11 is 0. The maximum absolute atomic E-state index is 4.40. The van der Waals surface area contributed by atoms with Gasteiger partial charge in [0.25, 0.3) is 0 Å². The Labute approximate surface area is 135 Å². The Morgan fingerprint density at radius 1 is 1.25 bits per heavy atom. The van der Waals surface area contributed by atoms with Crippen molar-refractivity contribution in [3.8, 4) is 5.69 Å². The van der Waals surface area contributed by atoms with E-state index >= 15 is 0 Å². The number of para-hydroxylation sites is 1. The van der Waals surface area contributed by atoms with Crippen molar-refractivity contribution in [2.75, 3.05) is 20.1 Å². The van der Waals surface area contributed by atoms with E-state index in [4.69, 9.17) is 0 Å². The molecule has 0 saturated heterocycles. The quantitative estimate of drug-likeness (QED) is 0.824. The summed E-state index contributed by atoms with van der Waals surface area (Å²) in [5, 5.41) is 7.71. The lowest BCUT2D eigenvalue weighted by molar-refractivity contribution is 0.534. The van der Waals surface area contributed by atoms with Crippen molar-refractivity contribution in [2.24, 2.45) is 4.99 Å². The molecule has 0 atom stereocenters. The van der Waals surface area contributed by atoms with Gasteiger partial charge in [0.2, 0.25) is 0 Å². The number of aliphatic imine (C=N–C) groups is 1. The Morgan fingerprint density at radius 3 is 2.75 bits per heavy atom. The van der Waals surface area contributed by atoms with Crippen LogP contribution in [0.2, 0.25) is 0 Å². The van der Waals surface area contributed by atoms with Crippen molar-refractivity contribution in [1.82, 2.24) is 20.0 Å². The highest BCUT2D eigenvalue weighted by atomic mass is 127.